The Bertz CT molecular complexity index is 820. The van der Waals surface area contributed by atoms with E-state index in [0.29, 0.717) is 13.2 Å². The summed E-state index contributed by atoms with van der Waals surface area (Å²) in [5.41, 5.74) is -1.72. The van der Waals surface area contributed by atoms with Crippen LogP contribution in [-0.4, -0.2) is 50.2 Å². The second-order valence-corrected chi connectivity index (χ2v) is 14.4. The Hall–Kier alpha value is -1.10. The maximum Gasteiger partial charge on any atom is 0.312 e. The van der Waals surface area contributed by atoms with E-state index < -0.39 is 10.8 Å². The molecule has 2 rings (SSSR count). The SMILES string of the molecule is CCCC1(C)CCC1(CC(C)(CC)C(C)(CC)C(C)(CC(C)(C)CC)C(=O)N(C)C)C(=O)OCC1CO1. The smallest absolute Gasteiger partial charge is 0.312 e. The fraction of sp³-hybridized carbons (Fsp3) is 0.938. The van der Waals surface area contributed by atoms with Gasteiger partial charge in [-0.05, 0) is 60.2 Å². The summed E-state index contributed by atoms with van der Waals surface area (Å²) in [6.45, 7) is 23.8. The third kappa shape index (κ3) is 5.63. The van der Waals surface area contributed by atoms with Gasteiger partial charge in [-0.1, -0.05) is 88.5 Å². The van der Waals surface area contributed by atoms with Crippen molar-refractivity contribution < 1.29 is 19.1 Å². The van der Waals surface area contributed by atoms with Gasteiger partial charge in [0.25, 0.3) is 0 Å². The average molecular weight is 522 g/mol. The molecule has 0 aromatic rings. The van der Waals surface area contributed by atoms with Gasteiger partial charge in [-0.25, -0.2) is 0 Å². The van der Waals surface area contributed by atoms with Crippen LogP contribution in [0.25, 0.3) is 0 Å². The van der Waals surface area contributed by atoms with Crippen molar-refractivity contribution in [1.82, 2.24) is 4.90 Å². The summed E-state index contributed by atoms with van der Waals surface area (Å²) in [6, 6.07) is 0. The molecule has 0 aromatic heterocycles. The third-order valence-corrected chi connectivity index (χ3v) is 11.7. The van der Waals surface area contributed by atoms with Crippen LogP contribution in [0.1, 0.15) is 127 Å². The summed E-state index contributed by atoms with van der Waals surface area (Å²) in [5, 5.41) is 0. The lowest BCUT2D eigenvalue weighted by atomic mass is 9.39. The van der Waals surface area contributed by atoms with E-state index in [1.807, 2.05) is 14.1 Å². The Balaban J connectivity index is 2.64. The highest BCUT2D eigenvalue weighted by Gasteiger charge is 2.67. The van der Waals surface area contributed by atoms with E-state index in [0.717, 1.165) is 57.8 Å². The van der Waals surface area contributed by atoms with Gasteiger partial charge in [0.1, 0.15) is 12.7 Å². The number of hydrogen-bond acceptors (Lipinski definition) is 4. The van der Waals surface area contributed by atoms with Crippen LogP contribution in [0.5, 0.6) is 0 Å². The van der Waals surface area contributed by atoms with E-state index in [4.69, 9.17) is 9.47 Å². The summed E-state index contributed by atoms with van der Waals surface area (Å²) in [5.74, 6) is 0.156. The lowest BCUT2D eigenvalue weighted by Crippen LogP contribution is -2.62. The zero-order valence-electron chi connectivity index (χ0n) is 26.4. The van der Waals surface area contributed by atoms with Crippen LogP contribution >= 0.6 is 0 Å². The molecule has 2 fully saturated rings. The van der Waals surface area contributed by atoms with Crippen molar-refractivity contribution >= 4 is 11.9 Å². The Kier molecular flexibility index (Phi) is 9.70. The second kappa shape index (κ2) is 11.2. The molecule has 1 saturated carbocycles. The minimum Gasteiger partial charge on any atom is -0.462 e. The third-order valence-electron chi connectivity index (χ3n) is 11.7. The molecule has 6 unspecified atom stereocenters. The second-order valence-electron chi connectivity index (χ2n) is 14.4. The standard InChI is InChI=1S/C32H59NO4/c1-13-17-29(8)18-19-32(29,26(35)37-21-24-20-36-24)23-28(7,15-3)31(10,16-4)30(9,25(34)33(11)12)22-27(5,6)14-2/h24H,13-23H2,1-12H3. The molecule has 1 aliphatic carbocycles. The van der Waals surface area contributed by atoms with Crippen molar-refractivity contribution in [2.75, 3.05) is 27.3 Å². The molecule has 37 heavy (non-hydrogen) atoms. The van der Waals surface area contributed by atoms with E-state index in [2.05, 4.69) is 69.2 Å². The summed E-state index contributed by atoms with van der Waals surface area (Å²) in [6.07, 6.45) is 8.41. The van der Waals surface area contributed by atoms with Crippen LogP contribution in [0.2, 0.25) is 0 Å². The van der Waals surface area contributed by atoms with Crippen molar-refractivity contribution in [3.8, 4) is 0 Å². The molecule has 0 N–H and O–H groups in total. The molecule has 1 aliphatic heterocycles. The number of carbonyl (C=O) groups is 2. The highest BCUT2D eigenvalue weighted by atomic mass is 16.6. The number of epoxide rings is 1. The van der Waals surface area contributed by atoms with Gasteiger partial charge in [-0.3, -0.25) is 9.59 Å². The van der Waals surface area contributed by atoms with Crippen molar-refractivity contribution in [3.63, 3.8) is 0 Å². The minimum atomic E-state index is -0.576. The summed E-state index contributed by atoms with van der Waals surface area (Å²) in [4.78, 5) is 29.9. The van der Waals surface area contributed by atoms with Crippen molar-refractivity contribution in [3.05, 3.63) is 0 Å². The van der Waals surface area contributed by atoms with Crippen LogP contribution in [0.3, 0.4) is 0 Å². The van der Waals surface area contributed by atoms with E-state index in [9.17, 15) is 9.59 Å². The Labute approximate surface area is 228 Å². The summed E-state index contributed by atoms with van der Waals surface area (Å²) >= 11 is 0. The normalized spacial score (nSPS) is 30.3. The lowest BCUT2D eigenvalue weighted by molar-refractivity contribution is -0.202. The Morgan fingerprint density at radius 1 is 0.973 bits per heavy atom. The highest BCUT2D eigenvalue weighted by molar-refractivity contribution is 5.83. The molecule has 0 radical (unpaired) electrons. The van der Waals surface area contributed by atoms with Gasteiger partial charge >= 0.3 is 5.97 Å². The molecule has 1 saturated heterocycles. The van der Waals surface area contributed by atoms with E-state index in [-0.39, 0.29) is 39.6 Å². The van der Waals surface area contributed by atoms with Gasteiger partial charge in [0, 0.05) is 14.1 Å². The maximum atomic E-state index is 14.1. The van der Waals surface area contributed by atoms with E-state index >= 15 is 0 Å². The zero-order valence-corrected chi connectivity index (χ0v) is 26.4. The fourth-order valence-electron chi connectivity index (χ4n) is 7.90. The van der Waals surface area contributed by atoms with Crippen LogP contribution in [0, 0.1) is 32.5 Å². The van der Waals surface area contributed by atoms with Crippen molar-refractivity contribution in [1.29, 1.82) is 0 Å². The van der Waals surface area contributed by atoms with Gasteiger partial charge in [0.2, 0.25) is 5.91 Å². The molecule has 1 heterocycles. The first-order valence-electron chi connectivity index (χ1n) is 15.0. The monoisotopic (exact) mass is 521 g/mol. The van der Waals surface area contributed by atoms with E-state index in [1.165, 1.54) is 0 Å². The number of ether oxygens (including phenoxy) is 2. The molecule has 0 spiro atoms. The first kappa shape index (κ1) is 32.1. The first-order valence-corrected chi connectivity index (χ1v) is 15.0. The van der Waals surface area contributed by atoms with Gasteiger partial charge in [-0.2, -0.15) is 0 Å². The predicted molar refractivity (Wildman–Crippen MR) is 152 cm³/mol. The van der Waals surface area contributed by atoms with Gasteiger partial charge in [-0.15, -0.1) is 0 Å². The number of amides is 1. The number of carbonyl (C=O) groups excluding carboxylic acids is 2. The lowest BCUT2D eigenvalue weighted by Gasteiger charge is -2.64. The first-order chi connectivity index (χ1) is 17.0. The summed E-state index contributed by atoms with van der Waals surface area (Å²) < 4.78 is 11.3. The molecule has 6 atom stereocenters. The van der Waals surface area contributed by atoms with E-state index in [1.54, 1.807) is 4.90 Å². The zero-order chi connectivity index (χ0) is 28.5. The number of nitrogens with zero attached hydrogens (tertiary/aromatic N) is 1. The minimum absolute atomic E-state index is 0.0274. The number of hydrogen-bond donors (Lipinski definition) is 0. The van der Waals surface area contributed by atoms with Crippen LogP contribution in [0.15, 0.2) is 0 Å². The summed E-state index contributed by atoms with van der Waals surface area (Å²) in [7, 11) is 3.78. The maximum absolute atomic E-state index is 14.1. The average Bonchev–Trinajstić information content (AvgIpc) is 3.68. The Morgan fingerprint density at radius 3 is 1.95 bits per heavy atom. The molecule has 2 aliphatic rings. The van der Waals surface area contributed by atoms with Gasteiger partial charge < -0.3 is 14.4 Å². The fourth-order valence-corrected chi connectivity index (χ4v) is 7.90. The van der Waals surface area contributed by atoms with Crippen molar-refractivity contribution in [2.24, 2.45) is 32.5 Å². The quantitative estimate of drug-likeness (QED) is 0.164. The van der Waals surface area contributed by atoms with Crippen LogP contribution in [0.4, 0.5) is 0 Å². The number of esters is 1. The molecule has 5 nitrogen and oxygen atoms in total. The van der Waals surface area contributed by atoms with Gasteiger partial charge in [0.15, 0.2) is 0 Å². The largest absolute Gasteiger partial charge is 0.462 e. The molecular weight excluding hydrogens is 462 g/mol. The molecule has 1 amide bonds. The molecule has 5 heteroatoms. The Morgan fingerprint density at radius 2 is 1.57 bits per heavy atom. The molecule has 0 aromatic carbocycles. The van der Waals surface area contributed by atoms with Gasteiger partial charge in [0.05, 0.1) is 17.4 Å². The van der Waals surface area contributed by atoms with Crippen molar-refractivity contribution in [2.45, 2.75) is 133 Å². The van der Waals surface area contributed by atoms with Crippen LogP contribution < -0.4 is 0 Å². The predicted octanol–water partition coefficient (Wildman–Crippen LogP) is 7.66. The molecular formula is C32H59NO4. The highest BCUT2D eigenvalue weighted by Crippen LogP contribution is 2.69. The molecule has 216 valence electrons. The number of rotatable bonds is 15. The molecule has 0 bridgehead atoms. The topological polar surface area (TPSA) is 59.1 Å². The van der Waals surface area contributed by atoms with Crippen LogP contribution in [-0.2, 0) is 19.1 Å².